The summed E-state index contributed by atoms with van der Waals surface area (Å²) in [6, 6.07) is 12.4. The molecule has 0 aliphatic carbocycles. The molecule has 2 aromatic rings. The van der Waals surface area contributed by atoms with E-state index in [1.807, 2.05) is 18.2 Å². The van der Waals surface area contributed by atoms with Crippen LogP contribution in [0.25, 0.3) is 10.8 Å². The molecule has 0 fully saturated rings. The highest BCUT2D eigenvalue weighted by Crippen LogP contribution is 2.27. The highest BCUT2D eigenvalue weighted by Gasteiger charge is 2.18. The molecule has 0 saturated carbocycles. The first kappa shape index (κ1) is 11.4. The van der Waals surface area contributed by atoms with Crippen LogP contribution in [0.1, 0.15) is 19.4 Å². The molecule has 0 heterocycles. The molecule has 2 N–H and O–H groups in total. The Hall–Kier alpha value is -1.05. The minimum Gasteiger partial charge on any atom is -0.330 e. The summed E-state index contributed by atoms with van der Waals surface area (Å²) in [5.74, 6) is 0. The molecule has 0 bridgehead atoms. The largest absolute Gasteiger partial charge is 0.330 e. The molecule has 0 unspecified atom stereocenters. The minimum atomic E-state index is 0.0104. The lowest BCUT2D eigenvalue weighted by atomic mass is 9.84. The fourth-order valence-electron chi connectivity index (χ4n) is 1.76. The van der Waals surface area contributed by atoms with Crippen LogP contribution in [-0.4, -0.2) is 6.54 Å². The van der Waals surface area contributed by atoms with E-state index in [1.165, 1.54) is 16.3 Å². The zero-order valence-electron chi connectivity index (χ0n) is 9.63. The predicted octanol–water partition coefficient (Wildman–Crippen LogP) is 3.73. The maximum absolute atomic E-state index is 5.99. The van der Waals surface area contributed by atoms with Crippen LogP contribution in [0.4, 0.5) is 0 Å². The van der Waals surface area contributed by atoms with Gasteiger partial charge in [0, 0.05) is 17.0 Å². The van der Waals surface area contributed by atoms with Crippen LogP contribution >= 0.6 is 11.6 Å². The van der Waals surface area contributed by atoms with E-state index in [9.17, 15) is 0 Å². The number of hydrogen-bond acceptors (Lipinski definition) is 1. The Bertz CT molecular complexity index is 517. The lowest BCUT2D eigenvalue weighted by Gasteiger charge is -2.23. The Labute approximate surface area is 101 Å². The van der Waals surface area contributed by atoms with Crippen molar-refractivity contribution in [3.05, 3.63) is 47.0 Å². The first-order chi connectivity index (χ1) is 7.53. The fourth-order valence-corrected chi connectivity index (χ4v) is 1.94. The standard InChI is InChI=1S/C14H16ClN/c1-14(2,9-16)12-5-3-10-4-6-13(15)8-11(10)7-12/h3-8H,9,16H2,1-2H3. The second kappa shape index (κ2) is 4.08. The number of fused-ring (bicyclic) bond motifs is 1. The average Bonchev–Trinajstić information content (AvgIpc) is 2.28. The summed E-state index contributed by atoms with van der Waals surface area (Å²) in [7, 11) is 0. The Morgan fingerprint density at radius 3 is 2.44 bits per heavy atom. The SMILES string of the molecule is CC(C)(CN)c1ccc2ccc(Cl)cc2c1. The summed E-state index contributed by atoms with van der Waals surface area (Å²) in [6.07, 6.45) is 0. The molecule has 84 valence electrons. The van der Waals surface area contributed by atoms with Crippen molar-refractivity contribution in [3.8, 4) is 0 Å². The molecule has 0 saturated heterocycles. The topological polar surface area (TPSA) is 26.0 Å². The van der Waals surface area contributed by atoms with Crippen molar-refractivity contribution < 1.29 is 0 Å². The zero-order chi connectivity index (χ0) is 11.8. The third-order valence-corrected chi connectivity index (χ3v) is 3.33. The molecule has 16 heavy (non-hydrogen) atoms. The van der Waals surface area contributed by atoms with E-state index in [0.29, 0.717) is 6.54 Å². The van der Waals surface area contributed by atoms with Crippen molar-refractivity contribution in [1.82, 2.24) is 0 Å². The Morgan fingerprint density at radius 1 is 1.06 bits per heavy atom. The van der Waals surface area contributed by atoms with Crippen LogP contribution in [-0.2, 0) is 5.41 Å². The van der Waals surface area contributed by atoms with E-state index in [0.717, 1.165) is 5.02 Å². The molecule has 0 radical (unpaired) electrons. The smallest absolute Gasteiger partial charge is 0.0412 e. The van der Waals surface area contributed by atoms with E-state index in [-0.39, 0.29) is 5.41 Å². The number of hydrogen-bond donors (Lipinski definition) is 1. The van der Waals surface area contributed by atoms with Crippen molar-refractivity contribution >= 4 is 22.4 Å². The van der Waals surface area contributed by atoms with Crippen molar-refractivity contribution in [1.29, 1.82) is 0 Å². The summed E-state index contributed by atoms with van der Waals surface area (Å²) in [6.45, 7) is 4.94. The summed E-state index contributed by atoms with van der Waals surface area (Å²) >= 11 is 5.99. The summed E-state index contributed by atoms with van der Waals surface area (Å²) in [5.41, 5.74) is 7.05. The van der Waals surface area contributed by atoms with Gasteiger partial charge < -0.3 is 5.73 Å². The molecule has 0 atom stereocenters. The van der Waals surface area contributed by atoms with Gasteiger partial charge in [0.15, 0.2) is 0 Å². The van der Waals surface area contributed by atoms with Gasteiger partial charge in [-0.3, -0.25) is 0 Å². The van der Waals surface area contributed by atoms with Gasteiger partial charge in [0.1, 0.15) is 0 Å². The zero-order valence-corrected chi connectivity index (χ0v) is 10.4. The van der Waals surface area contributed by atoms with Crippen LogP contribution < -0.4 is 5.73 Å². The van der Waals surface area contributed by atoms with Gasteiger partial charge in [-0.15, -0.1) is 0 Å². The van der Waals surface area contributed by atoms with E-state index in [1.54, 1.807) is 0 Å². The molecule has 0 aliphatic heterocycles. The van der Waals surface area contributed by atoms with Crippen LogP contribution in [0.2, 0.25) is 5.02 Å². The highest BCUT2D eigenvalue weighted by molar-refractivity contribution is 6.31. The van der Waals surface area contributed by atoms with Crippen LogP contribution in [0.5, 0.6) is 0 Å². The van der Waals surface area contributed by atoms with Crippen LogP contribution in [0, 0.1) is 0 Å². The predicted molar refractivity (Wildman–Crippen MR) is 71.0 cm³/mol. The van der Waals surface area contributed by atoms with Gasteiger partial charge in [0.2, 0.25) is 0 Å². The van der Waals surface area contributed by atoms with E-state index in [2.05, 4.69) is 32.0 Å². The lowest BCUT2D eigenvalue weighted by Crippen LogP contribution is -2.27. The number of nitrogens with two attached hydrogens (primary N) is 1. The third-order valence-electron chi connectivity index (χ3n) is 3.09. The first-order valence-electron chi connectivity index (χ1n) is 5.43. The molecule has 0 spiro atoms. The number of halogens is 1. The van der Waals surface area contributed by atoms with Gasteiger partial charge in [-0.25, -0.2) is 0 Å². The van der Waals surface area contributed by atoms with Gasteiger partial charge in [-0.05, 0) is 28.5 Å². The Morgan fingerprint density at radius 2 is 1.75 bits per heavy atom. The quantitative estimate of drug-likeness (QED) is 0.841. The fraction of sp³-hybridized carbons (Fsp3) is 0.286. The van der Waals surface area contributed by atoms with Crippen molar-refractivity contribution in [3.63, 3.8) is 0 Å². The van der Waals surface area contributed by atoms with Gasteiger partial charge in [0.25, 0.3) is 0 Å². The van der Waals surface area contributed by atoms with Gasteiger partial charge in [0.05, 0.1) is 0 Å². The summed E-state index contributed by atoms with van der Waals surface area (Å²) in [5, 5.41) is 3.16. The number of benzene rings is 2. The van der Waals surface area contributed by atoms with Gasteiger partial charge in [-0.1, -0.05) is 49.7 Å². The monoisotopic (exact) mass is 233 g/mol. The van der Waals surface area contributed by atoms with E-state index >= 15 is 0 Å². The van der Waals surface area contributed by atoms with Crippen LogP contribution in [0.3, 0.4) is 0 Å². The molecule has 1 nitrogen and oxygen atoms in total. The third kappa shape index (κ3) is 2.06. The molecule has 2 heteroatoms. The maximum atomic E-state index is 5.99. The van der Waals surface area contributed by atoms with Crippen molar-refractivity contribution in [2.45, 2.75) is 19.3 Å². The highest BCUT2D eigenvalue weighted by atomic mass is 35.5. The van der Waals surface area contributed by atoms with Gasteiger partial charge in [-0.2, -0.15) is 0 Å². The normalized spacial score (nSPS) is 12.0. The Kier molecular flexibility index (Phi) is 2.92. The van der Waals surface area contributed by atoms with E-state index in [4.69, 9.17) is 17.3 Å². The molecule has 2 rings (SSSR count). The second-order valence-corrected chi connectivity index (χ2v) is 5.23. The van der Waals surface area contributed by atoms with Gasteiger partial charge >= 0.3 is 0 Å². The van der Waals surface area contributed by atoms with E-state index < -0.39 is 0 Å². The Balaban J connectivity index is 2.59. The molecular formula is C14H16ClN. The van der Waals surface area contributed by atoms with Crippen molar-refractivity contribution in [2.75, 3.05) is 6.54 Å². The first-order valence-corrected chi connectivity index (χ1v) is 5.80. The summed E-state index contributed by atoms with van der Waals surface area (Å²) < 4.78 is 0. The number of rotatable bonds is 2. The molecule has 0 aromatic heterocycles. The van der Waals surface area contributed by atoms with Crippen LogP contribution in [0.15, 0.2) is 36.4 Å². The van der Waals surface area contributed by atoms with Crippen molar-refractivity contribution in [2.24, 2.45) is 5.73 Å². The minimum absolute atomic E-state index is 0.0104. The second-order valence-electron chi connectivity index (χ2n) is 4.79. The average molecular weight is 234 g/mol. The lowest BCUT2D eigenvalue weighted by molar-refractivity contribution is 0.540. The molecule has 2 aromatic carbocycles. The summed E-state index contributed by atoms with van der Waals surface area (Å²) in [4.78, 5) is 0. The molecular weight excluding hydrogens is 218 g/mol. The molecule has 0 amide bonds. The molecule has 0 aliphatic rings. The maximum Gasteiger partial charge on any atom is 0.0412 e.